The monoisotopic (exact) mass is 447 g/mol. The van der Waals surface area contributed by atoms with Gasteiger partial charge in [0.2, 0.25) is 0 Å². The number of hydrogen-bond donors (Lipinski definition) is 0. The van der Waals surface area contributed by atoms with Crippen LogP contribution in [0.3, 0.4) is 0 Å². The molecule has 0 spiro atoms. The highest BCUT2D eigenvalue weighted by molar-refractivity contribution is 5.76. The summed E-state index contributed by atoms with van der Waals surface area (Å²) in [4.78, 5) is 15.0. The van der Waals surface area contributed by atoms with Crippen molar-refractivity contribution in [2.45, 2.75) is 72.9 Å². The molecule has 1 unspecified atom stereocenters. The van der Waals surface area contributed by atoms with E-state index in [1.807, 2.05) is 0 Å². The molecule has 5 heteroatoms. The summed E-state index contributed by atoms with van der Waals surface area (Å²) >= 11 is 0. The third-order valence-corrected chi connectivity index (χ3v) is 7.34. The van der Waals surface area contributed by atoms with Crippen LogP contribution in [0.5, 0.6) is 0 Å². The zero-order valence-electron chi connectivity index (χ0n) is 21.3. The van der Waals surface area contributed by atoms with Crippen molar-refractivity contribution in [3.05, 3.63) is 58.5 Å². The van der Waals surface area contributed by atoms with Gasteiger partial charge in [0.25, 0.3) is 0 Å². The standard InChI is InChI=1S/C28H41N5/c1-6-23(5)32-17-15-31(16-18-32)14-8-9-24-10-12-25(13-11-24)20-33-26(7-2)30-27-21(3)19-22(4)29-28(27)33/h10-13,19,23H,6-9,14-18,20H2,1-5H3. The van der Waals surface area contributed by atoms with Crippen molar-refractivity contribution < 1.29 is 0 Å². The molecule has 1 aliphatic heterocycles. The maximum atomic E-state index is 4.88. The van der Waals surface area contributed by atoms with Crippen LogP contribution in [0, 0.1) is 13.8 Å². The molecule has 178 valence electrons. The molecule has 1 fully saturated rings. The second kappa shape index (κ2) is 10.8. The van der Waals surface area contributed by atoms with Gasteiger partial charge in [0.05, 0.1) is 6.54 Å². The Balaban J connectivity index is 1.32. The molecule has 0 bridgehead atoms. The molecular weight excluding hydrogens is 406 g/mol. The van der Waals surface area contributed by atoms with Gasteiger partial charge < -0.3 is 9.47 Å². The van der Waals surface area contributed by atoms with Crippen LogP contribution in [0.4, 0.5) is 0 Å². The van der Waals surface area contributed by atoms with E-state index >= 15 is 0 Å². The number of fused-ring (bicyclic) bond motifs is 1. The molecule has 3 aromatic rings. The second-order valence-corrected chi connectivity index (χ2v) is 9.78. The Hall–Kier alpha value is -2.24. The molecular formula is C28H41N5. The maximum Gasteiger partial charge on any atom is 0.160 e. The number of aryl methyl sites for hydroxylation is 4. The van der Waals surface area contributed by atoms with Crippen LogP contribution in [0.25, 0.3) is 11.2 Å². The molecule has 33 heavy (non-hydrogen) atoms. The van der Waals surface area contributed by atoms with Gasteiger partial charge in [-0.15, -0.1) is 0 Å². The maximum absolute atomic E-state index is 4.88. The largest absolute Gasteiger partial charge is 0.308 e. The van der Waals surface area contributed by atoms with E-state index in [-0.39, 0.29) is 0 Å². The first-order valence-corrected chi connectivity index (χ1v) is 12.9. The number of piperazine rings is 1. The SMILES string of the molecule is CCc1nc2c(C)cc(C)nc2n1Cc1ccc(CCCN2CCN(C(C)CC)CC2)cc1. The second-order valence-electron chi connectivity index (χ2n) is 9.78. The number of imidazole rings is 1. The Morgan fingerprint density at radius 3 is 2.30 bits per heavy atom. The Bertz CT molecular complexity index is 1040. The quantitative estimate of drug-likeness (QED) is 0.462. The molecule has 5 nitrogen and oxygen atoms in total. The van der Waals surface area contributed by atoms with Gasteiger partial charge in [-0.05, 0) is 69.3 Å². The molecule has 1 aromatic carbocycles. The summed E-state index contributed by atoms with van der Waals surface area (Å²) in [6, 6.07) is 12.0. The zero-order chi connectivity index (χ0) is 23.4. The van der Waals surface area contributed by atoms with Gasteiger partial charge in [-0.25, -0.2) is 9.97 Å². The average Bonchev–Trinajstić information content (AvgIpc) is 3.17. The molecule has 4 rings (SSSR count). The molecule has 0 amide bonds. The molecule has 1 aliphatic rings. The van der Waals surface area contributed by atoms with Crippen molar-refractivity contribution in [2.24, 2.45) is 0 Å². The van der Waals surface area contributed by atoms with Crippen LogP contribution in [0.15, 0.2) is 30.3 Å². The van der Waals surface area contributed by atoms with Gasteiger partial charge in [-0.2, -0.15) is 0 Å². The van der Waals surface area contributed by atoms with Gasteiger partial charge in [0, 0.05) is 44.3 Å². The van der Waals surface area contributed by atoms with E-state index in [1.165, 1.54) is 62.3 Å². The van der Waals surface area contributed by atoms with Crippen LogP contribution in [0.2, 0.25) is 0 Å². The Kier molecular flexibility index (Phi) is 7.82. The van der Waals surface area contributed by atoms with Gasteiger partial charge >= 0.3 is 0 Å². The van der Waals surface area contributed by atoms with E-state index in [9.17, 15) is 0 Å². The summed E-state index contributed by atoms with van der Waals surface area (Å²) in [6.45, 7) is 17.9. The van der Waals surface area contributed by atoms with Crippen molar-refractivity contribution in [3.63, 3.8) is 0 Å². The van der Waals surface area contributed by atoms with E-state index in [0.29, 0.717) is 0 Å². The summed E-state index contributed by atoms with van der Waals surface area (Å²) in [6.07, 6.45) is 4.55. The van der Waals surface area contributed by atoms with Crippen molar-refractivity contribution in [2.75, 3.05) is 32.7 Å². The summed E-state index contributed by atoms with van der Waals surface area (Å²) in [5.41, 5.74) is 7.08. The topological polar surface area (TPSA) is 37.2 Å². The van der Waals surface area contributed by atoms with E-state index in [2.05, 4.69) is 79.3 Å². The fraction of sp³-hybridized carbons (Fsp3) is 0.571. The normalized spacial score (nSPS) is 16.5. The molecule has 1 atom stereocenters. The van der Waals surface area contributed by atoms with Crippen molar-refractivity contribution in [1.82, 2.24) is 24.3 Å². The predicted molar refractivity (Wildman–Crippen MR) is 138 cm³/mol. The van der Waals surface area contributed by atoms with Crippen LogP contribution >= 0.6 is 0 Å². The molecule has 1 saturated heterocycles. The number of pyridine rings is 1. The number of nitrogens with zero attached hydrogens (tertiary/aromatic N) is 5. The summed E-state index contributed by atoms with van der Waals surface area (Å²) < 4.78 is 2.30. The highest BCUT2D eigenvalue weighted by atomic mass is 15.3. The zero-order valence-corrected chi connectivity index (χ0v) is 21.3. The molecule has 3 heterocycles. The highest BCUT2D eigenvalue weighted by Gasteiger charge is 2.19. The van der Waals surface area contributed by atoms with Gasteiger partial charge in [-0.3, -0.25) is 4.90 Å². The lowest BCUT2D eigenvalue weighted by molar-refractivity contribution is 0.1000. The molecule has 2 aromatic heterocycles. The van der Waals surface area contributed by atoms with Crippen LogP contribution < -0.4 is 0 Å². The lowest BCUT2D eigenvalue weighted by Crippen LogP contribution is -2.49. The van der Waals surface area contributed by atoms with Gasteiger partial charge in [0.15, 0.2) is 5.65 Å². The minimum Gasteiger partial charge on any atom is -0.308 e. The Morgan fingerprint density at radius 1 is 0.939 bits per heavy atom. The average molecular weight is 448 g/mol. The minimum atomic E-state index is 0.725. The summed E-state index contributed by atoms with van der Waals surface area (Å²) in [7, 11) is 0. The summed E-state index contributed by atoms with van der Waals surface area (Å²) in [5, 5.41) is 0. The number of hydrogen-bond acceptors (Lipinski definition) is 4. The van der Waals surface area contributed by atoms with Crippen LogP contribution in [0.1, 0.15) is 61.8 Å². The van der Waals surface area contributed by atoms with E-state index in [1.54, 1.807) is 0 Å². The van der Waals surface area contributed by atoms with E-state index in [0.717, 1.165) is 48.1 Å². The third kappa shape index (κ3) is 5.64. The minimum absolute atomic E-state index is 0.725. The number of benzene rings is 1. The van der Waals surface area contributed by atoms with E-state index < -0.39 is 0 Å². The van der Waals surface area contributed by atoms with Crippen molar-refractivity contribution >= 4 is 11.2 Å². The van der Waals surface area contributed by atoms with Crippen LogP contribution in [-0.2, 0) is 19.4 Å². The van der Waals surface area contributed by atoms with Crippen LogP contribution in [-0.4, -0.2) is 63.1 Å². The predicted octanol–water partition coefficient (Wildman–Crippen LogP) is 5.01. The summed E-state index contributed by atoms with van der Waals surface area (Å²) in [5.74, 6) is 1.11. The third-order valence-electron chi connectivity index (χ3n) is 7.34. The van der Waals surface area contributed by atoms with Crippen molar-refractivity contribution in [3.8, 4) is 0 Å². The Morgan fingerprint density at radius 2 is 1.64 bits per heavy atom. The first kappa shape index (κ1) is 23.9. The van der Waals surface area contributed by atoms with E-state index in [4.69, 9.17) is 9.97 Å². The molecule has 0 aliphatic carbocycles. The Labute approximate surface area is 199 Å². The highest BCUT2D eigenvalue weighted by Crippen LogP contribution is 2.21. The molecule has 0 N–H and O–H groups in total. The lowest BCUT2D eigenvalue weighted by atomic mass is 10.1. The fourth-order valence-corrected chi connectivity index (χ4v) is 5.07. The van der Waals surface area contributed by atoms with Gasteiger partial charge in [-0.1, -0.05) is 38.1 Å². The lowest BCUT2D eigenvalue weighted by Gasteiger charge is -2.37. The first-order chi connectivity index (χ1) is 16.0. The smallest absolute Gasteiger partial charge is 0.160 e. The van der Waals surface area contributed by atoms with Crippen molar-refractivity contribution in [1.29, 1.82) is 0 Å². The van der Waals surface area contributed by atoms with Gasteiger partial charge in [0.1, 0.15) is 11.3 Å². The fourth-order valence-electron chi connectivity index (χ4n) is 5.07. The molecule has 0 radical (unpaired) electrons. The molecule has 0 saturated carbocycles. The first-order valence-electron chi connectivity index (χ1n) is 12.9. The number of aromatic nitrogens is 3. The number of rotatable bonds is 9.